The van der Waals surface area contributed by atoms with E-state index in [0.29, 0.717) is 24.2 Å². The highest BCUT2D eigenvalue weighted by atomic mass is 15.3. The predicted octanol–water partition coefficient (Wildman–Crippen LogP) is 1.64. The molecule has 1 heterocycles. The van der Waals surface area contributed by atoms with E-state index in [4.69, 9.17) is 11.5 Å². The van der Waals surface area contributed by atoms with Gasteiger partial charge >= 0.3 is 0 Å². The highest BCUT2D eigenvalue weighted by Gasteiger charge is 2.31. The molecule has 4 unspecified atom stereocenters. The molecule has 4 heteroatoms. The van der Waals surface area contributed by atoms with E-state index in [1.165, 1.54) is 12.8 Å². The molecule has 120 valence electrons. The van der Waals surface area contributed by atoms with Gasteiger partial charge in [0.05, 0.1) is 0 Å². The topological polar surface area (TPSA) is 58.5 Å². The highest BCUT2D eigenvalue weighted by molar-refractivity contribution is 4.89. The van der Waals surface area contributed by atoms with Crippen LogP contribution in [0, 0.1) is 0 Å². The lowest BCUT2D eigenvalue weighted by atomic mass is 10.0. The van der Waals surface area contributed by atoms with Crippen molar-refractivity contribution in [1.82, 2.24) is 9.80 Å². The molecule has 0 aromatic carbocycles. The van der Waals surface area contributed by atoms with Crippen LogP contribution >= 0.6 is 0 Å². The van der Waals surface area contributed by atoms with Gasteiger partial charge in [0.25, 0.3) is 0 Å². The molecule has 4 N–H and O–H groups in total. The second kappa shape index (κ2) is 8.98. The van der Waals surface area contributed by atoms with Gasteiger partial charge in [-0.2, -0.15) is 0 Å². The van der Waals surface area contributed by atoms with Gasteiger partial charge in [0.15, 0.2) is 0 Å². The maximum atomic E-state index is 6.20. The van der Waals surface area contributed by atoms with Crippen LogP contribution in [0.3, 0.4) is 0 Å². The molecule has 4 atom stereocenters. The Kier molecular flexibility index (Phi) is 8.03. The number of nitrogens with zero attached hydrogens (tertiary/aromatic N) is 2. The van der Waals surface area contributed by atoms with Crippen molar-refractivity contribution in [2.45, 2.75) is 77.5 Å². The smallest absolute Gasteiger partial charge is 0.0221 e. The van der Waals surface area contributed by atoms with E-state index in [-0.39, 0.29) is 0 Å². The van der Waals surface area contributed by atoms with Crippen LogP contribution in [-0.2, 0) is 0 Å². The van der Waals surface area contributed by atoms with Gasteiger partial charge in [-0.15, -0.1) is 0 Å². The Balaban J connectivity index is 2.45. The van der Waals surface area contributed by atoms with Gasteiger partial charge in [-0.3, -0.25) is 9.80 Å². The molecule has 0 aliphatic carbocycles. The van der Waals surface area contributed by atoms with Gasteiger partial charge in [0.2, 0.25) is 0 Å². The van der Waals surface area contributed by atoms with Crippen molar-refractivity contribution in [3.63, 3.8) is 0 Å². The molecule has 0 aromatic heterocycles. The summed E-state index contributed by atoms with van der Waals surface area (Å²) in [6, 6.07) is 1.79. The Morgan fingerprint density at radius 1 is 0.850 bits per heavy atom. The van der Waals surface area contributed by atoms with Crippen molar-refractivity contribution < 1.29 is 0 Å². The molecule has 0 amide bonds. The SMILES string of the molecule is CCCC(N)CN1CCN(CC(N)CCC)C(C)C1C. The first-order chi connectivity index (χ1) is 9.49. The quantitative estimate of drug-likeness (QED) is 0.711. The van der Waals surface area contributed by atoms with E-state index in [9.17, 15) is 0 Å². The molecule has 4 nitrogen and oxygen atoms in total. The van der Waals surface area contributed by atoms with Crippen LogP contribution in [0.15, 0.2) is 0 Å². The lowest BCUT2D eigenvalue weighted by molar-refractivity contribution is 0.0282. The van der Waals surface area contributed by atoms with Crippen molar-refractivity contribution in [3.8, 4) is 0 Å². The number of nitrogens with two attached hydrogens (primary N) is 2. The van der Waals surface area contributed by atoms with Gasteiger partial charge < -0.3 is 11.5 Å². The van der Waals surface area contributed by atoms with Crippen molar-refractivity contribution in [2.24, 2.45) is 11.5 Å². The van der Waals surface area contributed by atoms with Crippen molar-refractivity contribution in [3.05, 3.63) is 0 Å². The third kappa shape index (κ3) is 5.32. The Hall–Kier alpha value is -0.160. The van der Waals surface area contributed by atoms with E-state index in [0.717, 1.165) is 39.0 Å². The van der Waals surface area contributed by atoms with E-state index >= 15 is 0 Å². The summed E-state index contributed by atoms with van der Waals surface area (Å²) in [5, 5.41) is 0. The second-order valence-electron chi connectivity index (χ2n) is 6.57. The molecule has 0 bridgehead atoms. The zero-order valence-corrected chi connectivity index (χ0v) is 14.0. The minimum atomic E-state index is 0.323. The van der Waals surface area contributed by atoms with Gasteiger partial charge in [0.1, 0.15) is 0 Å². The van der Waals surface area contributed by atoms with Crippen LogP contribution in [0.5, 0.6) is 0 Å². The average molecular weight is 284 g/mol. The normalized spacial score (nSPS) is 28.5. The zero-order valence-electron chi connectivity index (χ0n) is 14.0. The Bertz CT molecular complexity index is 233. The van der Waals surface area contributed by atoms with E-state index in [2.05, 4.69) is 37.5 Å². The van der Waals surface area contributed by atoms with E-state index in [1.54, 1.807) is 0 Å². The third-order valence-electron chi connectivity index (χ3n) is 4.78. The summed E-state index contributed by atoms with van der Waals surface area (Å²) < 4.78 is 0. The summed E-state index contributed by atoms with van der Waals surface area (Å²) >= 11 is 0. The summed E-state index contributed by atoms with van der Waals surface area (Å²) in [5.41, 5.74) is 12.4. The fourth-order valence-corrected chi connectivity index (χ4v) is 3.32. The molecular weight excluding hydrogens is 248 g/mol. The molecule has 0 aromatic rings. The van der Waals surface area contributed by atoms with E-state index < -0.39 is 0 Å². The fourth-order valence-electron chi connectivity index (χ4n) is 3.32. The van der Waals surface area contributed by atoms with Crippen LogP contribution in [0.4, 0.5) is 0 Å². The van der Waals surface area contributed by atoms with Crippen molar-refractivity contribution in [1.29, 1.82) is 0 Å². The standard InChI is InChI=1S/C16H36N4/c1-5-7-15(17)11-19-9-10-20(14(4)13(19)3)12-16(18)8-6-2/h13-16H,5-12,17-18H2,1-4H3. The van der Waals surface area contributed by atoms with Gasteiger partial charge in [-0.25, -0.2) is 0 Å². The van der Waals surface area contributed by atoms with Gasteiger partial charge in [0, 0.05) is 50.3 Å². The predicted molar refractivity (Wildman–Crippen MR) is 87.8 cm³/mol. The lowest BCUT2D eigenvalue weighted by Gasteiger charge is -2.46. The minimum Gasteiger partial charge on any atom is -0.327 e. The van der Waals surface area contributed by atoms with Crippen LogP contribution < -0.4 is 11.5 Å². The second-order valence-corrected chi connectivity index (χ2v) is 6.57. The summed E-state index contributed by atoms with van der Waals surface area (Å²) in [6.45, 7) is 13.4. The maximum Gasteiger partial charge on any atom is 0.0221 e. The van der Waals surface area contributed by atoms with Crippen molar-refractivity contribution >= 4 is 0 Å². The molecule has 0 saturated carbocycles. The number of piperazine rings is 1. The highest BCUT2D eigenvalue weighted by Crippen LogP contribution is 2.18. The van der Waals surface area contributed by atoms with Crippen LogP contribution in [0.1, 0.15) is 53.4 Å². The molecule has 1 rings (SSSR count). The van der Waals surface area contributed by atoms with Crippen LogP contribution in [0.25, 0.3) is 0 Å². The first-order valence-corrected chi connectivity index (χ1v) is 8.48. The largest absolute Gasteiger partial charge is 0.327 e. The molecule has 1 aliphatic rings. The maximum absolute atomic E-state index is 6.20. The molecule has 1 saturated heterocycles. The first kappa shape index (κ1) is 17.9. The molecule has 0 spiro atoms. The summed E-state index contributed by atoms with van der Waals surface area (Å²) in [5.74, 6) is 0. The Morgan fingerprint density at radius 3 is 1.50 bits per heavy atom. The molecule has 1 aliphatic heterocycles. The number of hydrogen-bond acceptors (Lipinski definition) is 4. The van der Waals surface area contributed by atoms with E-state index in [1.807, 2.05) is 0 Å². The summed E-state index contributed by atoms with van der Waals surface area (Å²) in [6.07, 6.45) is 4.61. The monoisotopic (exact) mass is 284 g/mol. The Morgan fingerprint density at radius 2 is 1.20 bits per heavy atom. The number of rotatable bonds is 8. The molecule has 1 fully saturated rings. The lowest BCUT2D eigenvalue weighted by Crippen LogP contribution is -2.60. The fraction of sp³-hybridized carbons (Fsp3) is 1.00. The van der Waals surface area contributed by atoms with Crippen molar-refractivity contribution in [2.75, 3.05) is 26.2 Å². The molecule has 20 heavy (non-hydrogen) atoms. The molecular formula is C16H36N4. The summed E-state index contributed by atoms with van der Waals surface area (Å²) in [4.78, 5) is 5.12. The van der Waals surface area contributed by atoms with Gasteiger partial charge in [-0.1, -0.05) is 26.7 Å². The molecule has 0 radical (unpaired) electrons. The van der Waals surface area contributed by atoms with Crippen LogP contribution in [0.2, 0.25) is 0 Å². The van der Waals surface area contributed by atoms with Crippen LogP contribution in [-0.4, -0.2) is 60.1 Å². The minimum absolute atomic E-state index is 0.323. The Labute approximate surface area is 125 Å². The summed E-state index contributed by atoms with van der Waals surface area (Å²) in [7, 11) is 0. The average Bonchev–Trinajstić information content (AvgIpc) is 2.39. The number of hydrogen-bond donors (Lipinski definition) is 2. The zero-order chi connectivity index (χ0) is 15.1. The first-order valence-electron chi connectivity index (χ1n) is 8.48. The third-order valence-corrected chi connectivity index (χ3v) is 4.78. The van der Waals surface area contributed by atoms with Gasteiger partial charge in [-0.05, 0) is 26.7 Å².